The monoisotopic (exact) mass is 313 g/mol. The van der Waals surface area contributed by atoms with E-state index in [1.807, 2.05) is 0 Å². The first-order valence-electron chi connectivity index (χ1n) is 6.74. The molecule has 0 saturated heterocycles. The van der Waals surface area contributed by atoms with Crippen LogP contribution in [0.3, 0.4) is 0 Å². The van der Waals surface area contributed by atoms with Crippen molar-refractivity contribution in [1.29, 1.82) is 0 Å². The molecule has 0 bridgehead atoms. The first-order valence-corrected chi connectivity index (χ1v) is 8.22. The standard InChI is InChI=1S/C15H23NO4S/c1-10(2)14(17)11-7-8-12(20-6)13(9-11)21(18,19)16-15(3,4)5/h7-10,16H,1-6H3. The van der Waals surface area contributed by atoms with Crippen molar-refractivity contribution in [3.05, 3.63) is 23.8 Å². The number of hydrogen-bond acceptors (Lipinski definition) is 4. The van der Waals surface area contributed by atoms with E-state index in [1.165, 1.54) is 19.2 Å². The fraction of sp³-hybridized carbons (Fsp3) is 0.533. The van der Waals surface area contributed by atoms with Crippen LogP contribution in [0.5, 0.6) is 5.75 Å². The quantitative estimate of drug-likeness (QED) is 0.848. The van der Waals surface area contributed by atoms with Gasteiger partial charge in [0.05, 0.1) is 7.11 Å². The average Bonchev–Trinajstić information content (AvgIpc) is 2.34. The van der Waals surface area contributed by atoms with Crippen LogP contribution in [0.1, 0.15) is 45.0 Å². The van der Waals surface area contributed by atoms with Crippen LogP contribution in [-0.2, 0) is 10.0 Å². The summed E-state index contributed by atoms with van der Waals surface area (Å²) in [5, 5.41) is 0. The van der Waals surface area contributed by atoms with Crippen LogP contribution in [-0.4, -0.2) is 26.8 Å². The topological polar surface area (TPSA) is 72.5 Å². The van der Waals surface area contributed by atoms with Gasteiger partial charge in [-0.1, -0.05) is 13.8 Å². The maximum atomic E-state index is 12.5. The second-order valence-electron chi connectivity index (χ2n) is 6.24. The molecule has 1 rings (SSSR count). The lowest BCUT2D eigenvalue weighted by molar-refractivity contribution is 0.0939. The second kappa shape index (κ2) is 6.15. The third-order valence-corrected chi connectivity index (χ3v) is 4.48. The number of hydrogen-bond donors (Lipinski definition) is 1. The smallest absolute Gasteiger partial charge is 0.244 e. The number of ketones is 1. The summed E-state index contributed by atoms with van der Waals surface area (Å²) in [4.78, 5) is 12.0. The lowest BCUT2D eigenvalue weighted by atomic mass is 10.0. The van der Waals surface area contributed by atoms with Crippen LogP contribution in [0.15, 0.2) is 23.1 Å². The number of nitrogens with one attached hydrogen (secondary N) is 1. The fourth-order valence-electron chi connectivity index (χ4n) is 1.83. The molecule has 0 spiro atoms. The lowest BCUT2D eigenvalue weighted by Crippen LogP contribution is -2.40. The Bertz CT molecular complexity index is 628. The van der Waals surface area contributed by atoms with E-state index >= 15 is 0 Å². The van der Waals surface area contributed by atoms with E-state index < -0.39 is 15.6 Å². The zero-order chi connectivity index (χ0) is 16.4. The summed E-state index contributed by atoms with van der Waals surface area (Å²) >= 11 is 0. The molecular weight excluding hydrogens is 290 g/mol. The molecule has 0 radical (unpaired) electrons. The second-order valence-corrected chi connectivity index (χ2v) is 7.89. The minimum atomic E-state index is -3.77. The van der Waals surface area contributed by atoms with Crippen LogP contribution < -0.4 is 9.46 Å². The number of carbonyl (C=O) groups is 1. The Morgan fingerprint density at radius 1 is 1.24 bits per heavy atom. The highest BCUT2D eigenvalue weighted by molar-refractivity contribution is 7.89. The number of ether oxygens (including phenoxy) is 1. The molecule has 6 heteroatoms. The van der Waals surface area contributed by atoms with Gasteiger partial charge in [0.15, 0.2) is 5.78 Å². The average molecular weight is 313 g/mol. The maximum Gasteiger partial charge on any atom is 0.244 e. The molecule has 0 aliphatic carbocycles. The summed E-state index contributed by atoms with van der Waals surface area (Å²) in [7, 11) is -2.37. The van der Waals surface area contributed by atoms with Crippen LogP contribution in [0.25, 0.3) is 0 Å². The SMILES string of the molecule is COc1ccc(C(=O)C(C)C)cc1S(=O)(=O)NC(C)(C)C. The van der Waals surface area contributed by atoms with E-state index in [1.54, 1.807) is 40.7 Å². The molecular formula is C15H23NO4S. The van der Waals surface area contributed by atoms with Crippen LogP contribution >= 0.6 is 0 Å². The predicted molar refractivity (Wildman–Crippen MR) is 82.2 cm³/mol. The molecule has 0 aromatic heterocycles. The normalized spacial score (nSPS) is 12.5. The van der Waals surface area contributed by atoms with E-state index in [2.05, 4.69) is 4.72 Å². The Hall–Kier alpha value is -1.40. The van der Waals surface area contributed by atoms with E-state index in [0.717, 1.165) is 0 Å². The van der Waals surface area contributed by atoms with Crippen molar-refractivity contribution in [3.63, 3.8) is 0 Å². The molecule has 118 valence electrons. The summed E-state index contributed by atoms with van der Waals surface area (Å²) in [6.07, 6.45) is 0. The third kappa shape index (κ3) is 4.54. The Balaban J connectivity index is 3.39. The molecule has 21 heavy (non-hydrogen) atoms. The van der Waals surface area contributed by atoms with Gasteiger partial charge < -0.3 is 4.74 Å². The molecule has 0 saturated carbocycles. The number of benzene rings is 1. The summed E-state index contributed by atoms with van der Waals surface area (Å²) < 4.78 is 32.6. The van der Waals surface area contributed by atoms with E-state index in [0.29, 0.717) is 5.56 Å². The molecule has 1 N–H and O–H groups in total. The van der Waals surface area contributed by atoms with Crippen LogP contribution in [0.2, 0.25) is 0 Å². The Morgan fingerprint density at radius 2 is 1.81 bits per heavy atom. The van der Waals surface area contributed by atoms with Gasteiger partial charge in [-0.05, 0) is 39.0 Å². The largest absolute Gasteiger partial charge is 0.495 e. The van der Waals surface area contributed by atoms with Crippen LogP contribution in [0, 0.1) is 5.92 Å². The molecule has 0 atom stereocenters. The van der Waals surface area contributed by atoms with Gasteiger partial charge in [-0.2, -0.15) is 0 Å². The summed E-state index contributed by atoms with van der Waals surface area (Å²) in [6.45, 7) is 8.79. The number of methoxy groups -OCH3 is 1. The van der Waals surface area contributed by atoms with Crippen molar-refractivity contribution in [2.24, 2.45) is 5.92 Å². The Kier molecular flexibility index (Phi) is 5.17. The van der Waals surface area contributed by atoms with Crippen molar-refractivity contribution in [2.75, 3.05) is 7.11 Å². The van der Waals surface area contributed by atoms with Crippen molar-refractivity contribution >= 4 is 15.8 Å². The van der Waals surface area contributed by atoms with Crippen molar-refractivity contribution in [3.8, 4) is 5.75 Å². The number of rotatable bonds is 5. The Labute approximate surface area is 126 Å². The molecule has 1 aromatic rings. The highest BCUT2D eigenvalue weighted by Gasteiger charge is 2.26. The molecule has 0 unspecified atom stereocenters. The van der Waals surface area contributed by atoms with E-state index in [4.69, 9.17) is 4.74 Å². The van der Waals surface area contributed by atoms with Gasteiger partial charge in [0, 0.05) is 17.0 Å². The fourth-order valence-corrected chi connectivity index (χ4v) is 3.45. The predicted octanol–water partition coefficient (Wildman–Crippen LogP) is 2.61. The van der Waals surface area contributed by atoms with Gasteiger partial charge >= 0.3 is 0 Å². The maximum absolute atomic E-state index is 12.5. The van der Waals surface area contributed by atoms with Gasteiger partial charge in [-0.3, -0.25) is 4.79 Å². The molecule has 0 amide bonds. The molecule has 0 aliphatic rings. The zero-order valence-electron chi connectivity index (χ0n) is 13.4. The van der Waals surface area contributed by atoms with Gasteiger partial charge in [0.1, 0.15) is 10.6 Å². The highest BCUT2D eigenvalue weighted by Crippen LogP contribution is 2.27. The summed E-state index contributed by atoms with van der Waals surface area (Å²) in [5.74, 6) is -0.0959. The third-order valence-electron chi connectivity index (χ3n) is 2.70. The zero-order valence-corrected chi connectivity index (χ0v) is 14.2. The van der Waals surface area contributed by atoms with Crippen molar-refractivity contribution in [1.82, 2.24) is 4.72 Å². The van der Waals surface area contributed by atoms with Crippen LogP contribution in [0.4, 0.5) is 0 Å². The number of Topliss-reactive ketones (excluding diaryl/α,β-unsaturated/α-hetero) is 1. The lowest BCUT2D eigenvalue weighted by Gasteiger charge is -2.21. The summed E-state index contributed by atoms with van der Waals surface area (Å²) in [5.41, 5.74) is -0.262. The molecule has 0 fully saturated rings. The molecule has 0 aliphatic heterocycles. The van der Waals surface area contributed by atoms with E-state index in [9.17, 15) is 13.2 Å². The van der Waals surface area contributed by atoms with Gasteiger partial charge in [0.2, 0.25) is 10.0 Å². The van der Waals surface area contributed by atoms with Gasteiger partial charge in [0.25, 0.3) is 0 Å². The summed E-state index contributed by atoms with van der Waals surface area (Å²) in [6, 6.07) is 4.46. The van der Waals surface area contributed by atoms with Crippen molar-refractivity contribution in [2.45, 2.75) is 45.1 Å². The minimum absolute atomic E-state index is 0.0218. The number of carbonyl (C=O) groups excluding carboxylic acids is 1. The molecule has 0 heterocycles. The first-order chi connectivity index (χ1) is 9.48. The molecule has 1 aromatic carbocycles. The first kappa shape index (κ1) is 17.7. The number of sulfonamides is 1. The van der Waals surface area contributed by atoms with E-state index in [-0.39, 0.29) is 22.3 Å². The Morgan fingerprint density at radius 3 is 2.24 bits per heavy atom. The minimum Gasteiger partial charge on any atom is -0.495 e. The highest BCUT2D eigenvalue weighted by atomic mass is 32.2. The van der Waals surface area contributed by atoms with Crippen molar-refractivity contribution < 1.29 is 17.9 Å². The molecule has 5 nitrogen and oxygen atoms in total. The van der Waals surface area contributed by atoms with Gasteiger partial charge in [-0.25, -0.2) is 13.1 Å². The van der Waals surface area contributed by atoms with Gasteiger partial charge in [-0.15, -0.1) is 0 Å².